The third kappa shape index (κ3) is 3.67. The van der Waals surface area contributed by atoms with Crippen LogP contribution in [0.15, 0.2) is 42.9 Å². The van der Waals surface area contributed by atoms with E-state index < -0.39 is 0 Å². The van der Waals surface area contributed by atoms with Crippen molar-refractivity contribution in [1.82, 2.24) is 24.8 Å². The van der Waals surface area contributed by atoms with Crippen molar-refractivity contribution in [1.29, 1.82) is 0 Å². The summed E-state index contributed by atoms with van der Waals surface area (Å²) in [6.07, 6.45) is 8.65. The van der Waals surface area contributed by atoms with Crippen LogP contribution in [0.1, 0.15) is 53.4 Å². The molecule has 1 aliphatic carbocycles. The van der Waals surface area contributed by atoms with E-state index in [1.54, 1.807) is 6.20 Å². The van der Waals surface area contributed by atoms with E-state index in [-0.39, 0.29) is 11.9 Å². The highest BCUT2D eigenvalue weighted by atomic mass is 16.1. The fourth-order valence-corrected chi connectivity index (χ4v) is 3.54. The predicted molar refractivity (Wildman–Crippen MR) is 108 cm³/mol. The average molecular weight is 375 g/mol. The van der Waals surface area contributed by atoms with E-state index in [1.165, 1.54) is 0 Å². The molecule has 28 heavy (non-hydrogen) atoms. The number of nitrogens with one attached hydrogen (secondary N) is 1. The zero-order valence-electron chi connectivity index (χ0n) is 16.5. The van der Waals surface area contributed by atoms with Gasteiger partial charge in [-0.05, 0) is 49.8 Å². The quantitative estimate of drug-likeness (QED) is 0.714. The Morgan fingerprint density at radius 1 is 1.32 bits per heavy atom. The fourth-order valence-electron chi connectivity index (χ4n) is 3.54. The Bertz CT molecular complexity index is 1010. The highest BCUT2D eigenvalue weighted by molar-refractivity contribution is 5.95. The van der Waals surface area contributed by atoms with Crippen LogP contribution in [0.25, 0.3) is 11.3 Å². The Kier molecular flexibility index (Phi) is 4.94. The van der Waals surface area contributed by atoms with E-state index in [9.17, 15) is 4.79 Å². The summed E-state index contributed by atoms with van der Waals surface area (Å²) in [6.45, 7) is 3.97. The summed E-state index contributed by atoms with van der Waals surface area (Å²) >= 11 is 0. The summed E-state index contributed by atoms with van der Waals surface area (Å²) in [7, 11) is 1.97. The van der Waals surface area contributed by atoms with E-state index in [1.807, 2.05) is 55.2 Å². The molecule has 1 atom stereocenters. The number of aromatic nitrogens is 4. The summed E-state index contributed by atoms with van der Waals surface area (Å²) in [5.74, 6) is 2.02. The maximum Gasteiger partial charge on any atom is 0.251 e. The lowest BCUT2D eigenvalue weighted by molar-refractivity contribution is 0.0929. The first kappa shape index (κ1) is 18.3. The van der Waals surface area contributed by atoms with Gasteiger partial charge in [0.25, 0.3) is 5.91 Å². The number of carbonyl (C=O) groups is 1. The Hall–Kier alpha value is -3.02. The van der Waals surface area contributed by atoms with Gasteiger partial charge in [-0.2, -0.15) is 0 Å². The first-order valence-corrected chi connectivity index (χ1v) is 9.78. The van der Waals surface area contributed by atoms with Crippen LogP contribution in [0.3, 0.4) is 0 Å². The monoisotopic (exact) mass is 375 g/mol. The van der Waals surface area contributed by atoms with Gasteiger partial charge in [-0.15, -0.1) is 0 Å². The zero-order chi connectivity index (χ0) is 19.7. The topological polar surface area (TPSA) is 72.7 Å². The van der Waals surface area contributed by atoms with E-state index in [4.69, 9.17) is 0 Å². The molecule has 2 heterocycles. The van der Waals surface area contributed by atoms with Crippen LogP contribution in [0.5, 0.6) is 0 Å². The molecule has 1 aliphatic rings. The Balaban J connectivity index is 1.62. The van der Waals surface area contributed by atoms with Crippen molar-refractivity contribution >= 4 is 5.91 Å². The van der Waals surface area contributed by atoms with Crippen LogP contribution in [-0.2, 0) is 13.5 Å². The molecule has 1 saturated carbocycles. The van der Waals surface area contributed by atoms with E-state index >= 15 is 0 Å². The van der Waals surface area contributed by atoms with Gasteiger partial charge in [0.2, 0.25) is 0 Å². The molecule has 0 spiro atoms. The molecule has 1 fully saturated rings. The van der Waals surface area contributed by atoms with Gasteiger partial charge in [0.15, 0.2) is 0 Å². The molecule has 0 bridgehead atoms. The first-order chi connectivity index (χ1) is 13.6. The fraction of sp³-hybridized carbons (Fsp3) is 0.364. The minimum Gasteiger partial charge on any atom is -0.342 e. The normalized spacial score (nSPS) is 14.7. The van der Waals surface area contributed by atoms with Crippen LogP contribution in [-0.4, -0.2) is 25.4 Å². The summed E-state index contributed by atoms with van der Waals surface area (Å²) in [4.78, 5) is 26.4. The Labute approximate surface area is 165 Å². The summed E-state index contributed by atoms with van der Waals surface area (Å²) in [5, 5.41) is 3.20. The molecule has 6 heteroatoms. The highest BCUT2D eigenvalue weighted by Crippen LogP contribution is 2.40. The van der Waals surface area contributed by atoms with Crippen LogP contribution in [0.2, 0.25) is 0 Å². The summed E-state index contributed by atoms with van der Waals surface area (Å²) < 4.78 is 1.98. The summed E-state index contributed by atoms with van der Waals surface area (Å²) in [5.41, 5.74) is 3.55. The third-order valence-electron chi connectivity index (χ3n) is 5.28. The number of aryl methyl sites for hydroxylation is 3. The van der Waals surface area contributed by atoms with Gasteiger partial charge in [-0.1, -0.05) is 19.1 Å². The van der Waals surface area contributed by atoms with Crippen molar-refractivity contribution in [2.45, 2.75) is 39.2 Å². The van der Waals surface area contributed by atoms with Gasteiger partial charge >= 0.3 is 0 Å². The second-order valence-electron chi connectivity index (χ2n) is 7.41. The number of carbonyl (C=O) groups excluding carboxylic acids is 1. The second-order valence-corrected chi connectivity index (χ2v) is 7.41. The molecule has 144 valence electrons. The number of hydrogen-bond acceptors (Lipinski definition) is 4. The molecule has 0 unspecified atom stereocenters. The number of nitrogens with zero attached hydrogens (tertiary/aromatic N) is 4. The third-order valence-corrected chi connectivity index (χ3v) is 5.28. The molecule has 1 aromatic carbocycles. The van der Waals surface area contributed by atoms with Crippen molar-refractivity contribution in [3.63, 3.8) is 0 Å². The van der Waals surface area contributed by atoms with Crippen molar-refractivity contribution in [2.75, 3.05) is 0 Å². The van der Waals surface area contributed by atoms with Crippen LogP contribution < -0.4 is 5.32 Å². The van der Waals surface area contributed by atoms with Crippen molar-refractivity contribution in [3.8, 4) is 11.3 Å². The molecule has 3 aromatic rings. The van der Waals surface area contributed by atoms with Gasteiger partial charge < -0.3 is 9.88 Å². The van der Waals surface area contributed by atoms with Gasteiger partial charge in [0.1, 0.15) is 11.6 Å². The van der Waals surface area contributed by atoms with Crippen LogP contribution in [0.4, 0.5) is 0 Å². The van der Waals surface area contributed by atoms with Gasteiger partial charge in [0.05, 0.1) is 11.7 Å². The number of benzene rings is 1. The molecule has 1 amide bonds. The Morgan fingerprint density at radius 2 is 2.14 bits per heavy atom. The van der Waals surface area contributed by atoms with E-state index in [0.29, 0.717) is 11.5 Å². The van der Waals surface area contributed by atoms with Gasteiger partial charge in [-0.3, -0.25) is 4.79 Å². The molecule has 2 aromatic heterocycles. The standard InChI is InChI=1S/C22H25N5O/c1-4-15-13-24-14(2)25-19(15)17-6-5-7-18(12-17)22(28)26-20(16-8-9-16)21-23-10-11-27(21)3/h5-7,10-13,16,20H,4,8-9H2,1-3H3,(H,26,28)/t20-/m0/s1. The van der Waals surface area contributed by atoms with E-state index in [2.05, 4.69) is 27.2 Å². The minimum atomic E-state index is -0.0782. The smallest absolute Gasteiger partial charge is 0.251 e. The number of rotatable bonds is 6. The van der Waals surface area contributed by atoms with Crippen molar-refractivity contribution in [2.24, 2.45) is 13.0 Å². The maximum absolute atomic E-state index is 13.0. The molecule has 1 N–H and O–H groups in total. The largest absolute Gasteiger partial charge is 0.342 e. The predicted octanol–water partition coefficient (Wildman–Crippen LogP) is 3.63. The minimum absolute atomic E-state index is 0.0522. The first-order valence-electron chi connectivity index (χ1n) is 9.78. The lowest BCUT2D eigenvalue weighted by Crippen LogP contribution is -2.31. The Morgan fingerprint density at radius 3 is 2.82 bits per heavy atom. The molecule has 0 aliphatic heterocycles. The molecular weight excluding hydrogens is 350 g/mol. The summed E-state index contributed by atoms with van der Waals surface area (Å²) in [6, 6.07) is 7.62. The van der Waals surface area contributed by atoms with E-state index in [0.717, 1.165) is 47.7 Å². The molecular formula is C22H25N5O. The van der Waals surface area contributed by atoms with Crippen LogP contribution >= 0.6 is 0 Å². The molecule has 0 saturated heterocycles. The lowest BCUT2D eigenvalue weighted by Gasteiger charge is -2.18. The SMILES string of the molecule is CCc1cnc(C)nc1-c1cccc(C(=O)N[C@H](c2nccn2C)C2CC2)c1. The number of hydrogen-bond donors (Lipinski definition) is 1. The van der Waals surface area contributed by atoms with Crippen molar-refractivity contribution in [3.05, 3.63) is 65.6 Å². The average Bonchev–Trinajstić information content (AvgIpc) is 3.47. The number of amides is 1. The van der Waals surface area contributed by atoms with Crippen molar-refractivity contribution < 1.29 is 4.79 Å². The zero-order valence-corrected chi connectivity index (χ0v) is 16.5. The second kappa shape index (κ2) is 7.54. The van der Waals surface area contributed by atoms with Gasteiger partial charge in [0, 0.05) is 36.8 Å². The molecule has 4 rings (SSSR count). The van der Waals surface area contributed by atoms with Crippen LogP contribution in [0, 0.1) is 12.8 Å². The molecule has 6 nitrogen and oxygen atoms in total. The highest BCUT2D eigenvalue weighted by Gasteiger charge is 2.35. The maximum atomic E-state index is 13.0. The molecule has 0 radical (unpaired) electrons. The lowest BCUT2D eigenvalue weighted by atomic mass is 10.0. The number of imidazole rings is 1. The van der Waals surface area contributed by atoms with Gasteiger partial charge in [-0.25, -0.2) is 15.0 Å².